The fourth-order valence-corrected chi connectivity index (χ4v) is 6.11. The first kappa shape index (κ1) is 33.0. The summed E-state index contributed by atoms with van der Waals surface area (Å²) in [4.78, 5) is 28.7. The summed E-state index contributed by atoms with van der Waals surface area (Å²) in [5.74, 6) is -0.758. The zero-order valence-electron chi connectivity index (χ0n) is 22.8. The zero-order chi connectivity index (χ0) is 30.3. The Balaban J connectivity index is 2.07. The molecule has 0 aliphatic carbocycles. The Morgan fingerprint density at radius 1 is 0.854 bits per heavy atom. The van der Waals surface area contributed by atoms with E-state index in [0.717, 1.165) is 4.31 Å². The molecule has 0 heterocycles. The van der Waals surface area contributed by atoms with E-state index in [1.807, 2.05) is 13.8 Å². The van der Waals surface area contributed by atoms with Gasteiger partial charge in [0.2, 0.25) is 11.8 Å². The lowest BCUT2D eigenvalue weighted by molar-refractivity contribution is -0.140. The summed E-state index contributed by atoms with van der Waals surface area (Å²) >= 11 is 24.7. The van der Waals surface area contributed by atoms with Gasteiger partial charge in [-0.25, -0.2) is 8.42 Å². The van der Waals surface area contributed by atoms with Crippen molar-refractivity contribution >= 4 is 73.9 Å². The molecule has 0 bridgehead atoms. The number of halogens is 4. The van der Waals surface area contributed by atoms with Crippen LogP contribution in [0.25, 0.3) is 0 Å². The number of hydrogen-bond donors (Lipinski definition) is 1. The molecule has 0 aliphatic rings. The highest BCUT2D eigenvalue weighted by molar-refractivity contribution is 7.92. The van der Waals surface area contributed by atoms with Gasteiger partial charge < -0.3 is 10.2 Å². The van der Waals surface area contributed by atoms with Crippen LogP contribution in [0.4, 0.5) is 5.69 Å². The lowest BCUT2D eigenvalue weighted by atomic mass is 10.1. The van der Waals surface area contributed by atoms with Crippen molar-refractivity contribution in [2.24, 2.45) is 5.92 Å². The van der Waals surface area contributed by atoms with Crippen LogP contribution in [-0.2, 0) is 26.2 Å². The molecule has 3 aromatic carbocycles. The summed E-state index contributed by atoms with van der Waals surface area (Å²) in [6.07, 6.45) is 0.287. The molecule has 0 saturated carbocycles. The summed E-state index contributed by atoms with van der Waals surface area (Å²) in [5, 5.41) is 3.87. The monoisotopic (exact) mass is 657 g/mol. The largest absolute Gasteiger partial charge is 0.354 e. The van der Waals surface area contributed by atoms with E-state index in [1.165, 1.54) is 35.2 Å². The topological polar surface area (TPSA) is 86.8 Å². The van der Waals surface area contributed by atoms with Gasteiger partial charge >= 0.3 is 0 Å². The van der Waals surface area contributed by atoms with E-state index in [9.17, 15) is 18.0 Å². The maximum atomic E-state index is 14.1. The minimum absolute atomic E-state index is 0.00999. The fourth-order valence-electron chi connectivity index (χ4n) is 4.07. The molecule has 0 saturated heterocycles. The zero-order valence-corrected chi connectivity index (χ0v) is 26.6. The summed E-state index contributed by atoms with van der Waals surface area (Å²) < 4.78 is 28.7. The summed E-state index contributed by atoms with van der Waals surface area (Å²) in [7, 11) is -4.23. The van der Waals surface area contributed by atoms with Crippen molar-refractivity contribution < 1.29 is 18.0 Å². The lowest BCUT2D eigenvalue weighted by Crippen LogP contribution is -2.52. The Hall–Kier alpha value is -2.49. The van der Waals surface area contributed by atoms with E-state index in [-0.39, 0.29) is 50.4 Å². The molecule has 12 heteroatoms. The van der Waals surface area contributed by atoms with Crippen molar-refractivity contribution in [2.75, 3.05) is 17.4 Å². The number of nitrogens with zero attached hydrogens (tertiary/aromatic N) is 2. The molecule has 3 aromatic rings. The van der Waals surface area contributed by atoms with Crippen LogP contribution in [0.5, 0.6) is 0 Å². The molecule has 7 nitrogen and oxygen atoms in total. The van der Waals surface area contributed by atoms with E-state index in [1.54, 1.807) is 43.3 Å². The van der Waals surface area contributed by atoms with Crippen LogP contribution in [-0.4, -0.2) is 44.3 Å². The number of nitrogens with one attached hydrogen (secondary N) is 1. The number of benzene rings is 3. The maximum Gasteiger partial charge on any atom is 0.264 e. The summed E-state index contributed by atoms with van der Waals surface area (Å²) in [6.45, 7) is 5.51. The first-order chi connectivity index (χ1) is 19.3. The molecule has 3 rings (SSSR count). The molecule has 1 N–H and O–H groups in total. The van der Waals surface area contributed by atoms with Crippen LogP contribution in [0.15, 0.2) is 71.6 Å². The van der Waals surface area contributed by atoms with Crippen LogP contribution in [0.3, 0.4) is 0 Å². The van der Waals surface area contributed by atoms with Crippen molar-refractivity contribution in [3.05, 3.63) is 92.4 Å². The van der Waals surface area contributed by atoms with E-state index < -0.39 is 28.5 Å². The van der Waals surface area contributed by atoms with Crippen molar-refractivity contribution in [1.82, 2.24) is 10.2 Å². The van der Waals surface area contributed by atoms with Gasteiger partial charge in [0.1, 0.15) is 12.6 Å². The Morgan fingerprint density at radius 2 is 1.46 bits per heavy atom. The fraction of sp³-hybridized carbons (Fsp3) is 0.310. The predicted molar refractivity (Wildman–Crippen MR) is 166 cm³/mol. The highest BCUT2D eigenvalue weighted by Gasteiger charge is 2.34. The highest BCUT2D eigenvalue weighted by Crippen LogP contribution is 2.31. The maximum absolute atomic E-state index is 14.1. The molecule has 0 fully saturated rings. The van der Waals surface area contributed by atoms with Gasteiger partial charge in [-0.3, -0.25) is 13.9 Å². The Labute approximate surface area is 261 Å². The molecule has 2 amide bonds. The number of rotatable bonds is 12. The Bertz CT molecular complexity index is 1490. The van der Waals surface area contributed by atoms with Gasteiger partial charge in [-0.2, -0.15) is 0 Å². The molecule has 41 heavy (non-hydrogen) atoms. The second-order valence-electron chi connectivity index (χ2n) is 9.76. The second-order valence-corrected chi connectivity index (χ2v) is 13.2. The highest BCUT2D eigenvalue weighted by atomic mass is 35.5. The smallest absolute Gasteiger partial charge is 0.264 e. The number of sulfonamides is 1. The van der Waals surface area contributed by atoms with E-state index in [2.05, 4.69) is 5.32 Å². The molecule has 0 aliphatic heterocycles. The van der Waals surface area contributed by atoms with Gasteiger partial charge in [-0.05, 0) is 60.4 Å². The molecule has 0 aromatic heterocycles. The van der Waals surface area contributed by atoms with Gasteiger partial charge in [0.05, 0.1) is 30.7 Å². The third kappa shape index (κ3) is 8.52. The molecular formula is C29H31Cl4N3O4S. The Morgan fingerprint density at radius 3 is 2.02 bits per heavy atom. The van der Waals surface area contributed by atoms with Crippen molar-refractivity contribution in [3.63, 3.8) is 0 Å². The van der Waals surface area contributed by atoms with Gasteiger partial charge in [-0.15, -0.1) is 0 Å². The van der Waals surface area contributed by atoms with Crippen LogP contribution < -0.4 is 9.62 Å². The normalized spacial score (nSPS) is 12.2. The average Bonchev–Trinajstić information content (AvgIpc) is 2.94. The summed E-state index contributed by atoms with van der Waals surface area (Å²) in [6, 6.07) is 16.1. The standard InChI is InChI=1S/C29H31Cl4N3O4S/c1-4-27(29(38)34-16-19(2)3)35(17-20-10-12-23(30)25(32)14-20)28(37)18-36(21-11-13-24(31)26(33)15-21)41(39,40)22-8-6-5-7-9-22/h5-15,19,27H,4,16-18H2,1-3H3,(H,34,38)/t27-/m0/s1. The summed E-state index contributed by atoms with van der Waals surface area (Å²) in [5.41, 5.74) is 0.762. The molecule has 0 radical (unpaired) electrons. The molecule has 0 unspecified atom stereocenters. The number of hydrogen-bond acceptors (Lipinski definition) is 4. The third-order valence-corrected chi connectivity index (χ3v) is 9.47. The van der Waals surface area contributed by atoms with E-state index >= 15 is 0 Å². The van der Waals surface area contributed by atoms with Gasteiger partial charge in [0.15, 0.2) is 0 Å². The van der Waals surface area contributed by atoms with Crippen molar-refractivity contribution in [1.29, 1.82) is 0 Å². The van der Waals surface area contributed by atoms with Gasteiger partial charge in [-0.1, -0.05) is 91.4 Å². The van der Waals surface area contributed by atoms with Gasteiger partial charge in [0, 0.05) is 13.1 Å². The van der Waals surface area contributed by atoms with Crippen LogP contribution in [0.1, 0.15) is 32.8 Å². The first-order valence-corrected chi connectivity index (χ1v) is 15.8. The molecule has 1 atom stereocenters. The quantitative estimate of drug-likeness (QED) is 0.225. The number of carbonyl (C=O) groups is 2. The van der Waals surface area contributed by atoms with E-state index in [4.69, 9.17) is 46.4 Å². The van der Waals surface area contributed by atoms with Gasteiger partial charge in [0.25, 0.3) is 10.0 Å². The van der Waals surface area contributed by atoms with E-state index in [0.29, 0.717) is 17.1 Å². The lowest BCUT2D eigenvalue weighted by Gasteiger charge is -2.33. The number of carbonyl (C=O) groups excluding carboxylic acids is 2. The van der Waals surface area contributed by atoms with Crippen LogP contribution in [0.2, 0.25) is 20.1 Å². The minimum atomic E-state index is -4.23. The number of amides is 2. The SMILES string of the molecule is CC[C@@H](C(=O)NCC(C)C)N(Cc1ccc(Cl)c(Cl)c1)C(=O)CN(c1ccc(Cl)c(Cl)c1)S(=O)(=O)c1ccccc1. The number of anilines is 1. The van der Waals surface area contributed by atoms with Crippen molar-refractivity contribution in [3.8, 4) is 0 Å². The van der Waals surface area contributed by atoms with Crippen molar-refractivity contribution in [2.45, 2.75) is 44.7 Å². The molecule has 220 valence electrons. The molecule has 0 spiro atoms. The minimum Gasteiger partial charge on any atom is -0.354 e. The first-order valence-electron chi connectivity index (χ1n) is 12.9. The Kier molecular flexibility index (Phi) is 11.8. The molecular weight excluding hydrogens is 628 g/mol. The predicted octanol–water partition coefficient (Wildman–Crippen LogP) is 7.08. The average molecular weight is 659 g/mol. The second kappa shape index (κ2) is 14.6. The third-order valence-electron chi connectivity index (χ3n) is 6.21. The van der Waals surface area contributed by atoms with Crippen LogP contribution >= 0.6 is 46.4 Å². The van der Waals surface area contributed by atoms with Crippen LogP contribution in [0, 0.1) is 5.92 Å².